The second kappa shape index (κ2) is 9.09. The molecule has 0 fully saturated rings. The van der Waals surface area contributed by atoms with Crippen LogP contribution in [0.4, 0.5) is 0 Å². The summed E-state index contributed by atoms with van der Waals surface area (Å²) in [5.74, 6) is 5.41. The summed E-state index contributed by atoms with van der Waals surface area (Å²) in [6.07, 6.45) is 3.93. The topological polar surface area (TPSA) is 77.2 Å². The minimum Gasteiger partial charge on any atom is -0.382 e. The first-order valence-electron chi connectivity index (χ1n) is 6.28. The van der Waals surface area contributed by atoms with Crippen molar-refractivity contribution in [2.75, 3.05) is 26.3 Å². The van der Waals surface area contributed by atoms with Gasteiger partial charge in [-0.15, -0.1) is 0 Å². The zero-order valence-corrected chi connectivity index (χ0v) is 11.1. The Labute approximate surface area is 113 Å². The Morgan fingerprint density at radius 3 is 3.16 bits per heavy atom. The minimum atomic E-state index is -0.153. The van der Waals surface area contributed by atoms with E-state index in [1.165, 1.54) is 0 Å². The Bertz CT molecular complexity index is 463. The SMILES string of the molecule is CCOCCCNC(=O)c1ccncc1C#CCN. The van der Waals surface area contributed by atoms with Crippen molar-refractivity contribution in [3.63, 3.8) is 0 Å². The number of nitrogens with zero attached hydrogens (tertiary/aromatic N) is 1. The van der Waals surface area contributed by atoms with Gasteiger partial charge in [-0.05, 0) is 19.4 Å². The number of rotatable bonds is 6. The van der Waals surface area contributed by atoms with Gasteiger partial charge in [0.25, 0.3) is 5.91 Å². The summed E-state index contributed by atoms with van der Waals surface area (Å²) in [4.78, 5) is 15.9. The number of carbonyl (C=O) groups is 1. The number of amides is 1. The lowest BCUT2D eigenvalue weighted by Crippen LogP contribution is -2.26. The molecular weight excluding hydrogens is 242 g/mol. The number of hydrogen-bond acceptors (Lipinski definition) is 4. The quantitative estimate of drug-likeness (QED) is 0.579. The highest BCUT2D eigenvalue weighted by molar-refractivity contribution is 5.96. The second-order valence-corrected chi connectivity index (χ2v) is 3.73. The first-order valence-corrected chi connectivity index (χ1v) is 6.28. The van der Waals surface area contributed by atoms with E-state index in [0.29, 0.717) is 30.9 Å². The van der Waals surface area contributed by atoms with Crippen molar-refractivity contribution in [2.45, 2.75) is 13.3 Å². The molecule has 0 aliphatic heterocycles. The van der Waals surface area contributed by atoms with Gasteiger partial charge in [-0.1, -0.05) is 11.8 Å². The average molecular weight is 261 g/mol. The van der Waals surface area contributed by atoms with Crippen molar-refractivity contribution in [3.8, 4) is 11.8 Å². The highest BCUT2D eigenvalue weighted by Crippen LogP contribution is 2.05. The minimum absolute atomic E-state index is 0.153. The molecule has 5 heteroatoms. The molecule has 0 spiro atoms. The lowest BCUT2D eigenvalue weighted by molar-refractivity contribution is 0.0944. The molecule has 0 aliphatic rings. The molecule has 0 aromatic carbocycles. The normalized spacial score (nSPS) is 9.58. The van der Waals surface area contributed by atoms with Gasteiger partial charge >= 0.3 is 0 Å². The zero-order chi connectivity index (χ0) is 13.9. The number of hydrogen-bond donors (Lipinski definition) is 2. The smallest absolute Gasteiger partial charge is 0.252 e. The molecule has 1 amide bonds. The van der Waals surface area contributed by atoms with Gasteiger partial charge in [0.2, 0.25) is 0 Å². The zero-order valence-electron chi connectivity index (χ0n) is 11.1. The standard InChI is InChI=1S/C14H19N3O2/c1-2-19-10-4-8-17-14(18)13-6-9-16-11-12(13)5-3-7-15/h6,9,11H,2,4,7-8,10,15H2,1H3,(H,17,18). The Kier molecular flexibility index (Phi) is 7.25. The van der Waals surface area contributed by atoms with Crippen molar-refractivity contribution < 1.29 is 9.53 Å². The van der Waals surface area contributed by atoms with Crippen LogP contribution in [0, 0.1) is 11.8 Å². The lowest BCUT2D eigenvalue weighted by Gasteiger charge is -2.06. The molecule has 0 aliphatic carbocycles. The number of aromatic nitrogens is 1. The van der Waals surface area contributed by atoms with Crippen LogP contribution >= 0.6 is 0 Å². The molecular formula is C14H19N3O2. The van der Waals surface area contributed by atoms with E-state index in [0.717, 1.165) is 6.42 Å². The van der Waals surface area contributed by atoms with Crippen molar-refractivity contribution in [1.29, 1.82) is 0 Å². The molecule has 1 heterocycles. The molecule has 0 saturated heterocycles. The van der Waals surface area contributed by atoms with Gasteiger partial charge < -0.3 is 15.8 Å². The largest absolute Gasteiger partial charge is 0.382 e. The molecule has 3 N–H and O–H groups in total. The third kappa shape index (κ3) is 5.51. The summed E-state index contributed by atoms with van der Waals surface area (Å²) in [7, 11) is 0. The summed E-state index contributed by atoms with van der Waals surface area (Å²) in [5, 5.41) is 2.83. The van der Waals surface area contributed by atoms with Crippen LogP contribution in [0.1, 0.15) is 29.3 Å². The van der Waals surface area contributed by atoms with Gasteiger partial charge in [-0.2, -0.15) is 0 Å². The van der Waals surface area contributed by atoms with Crippen LogP contribution in [0.2, 0.25) is 0 Å². The predicted octanol–water partition coefficient (Wildman–Crippen LogP) is 0.548. The molecule has 0 unspecified atom stereocenters. The highest BCUT2D eigenvalue weighted by atomic mass is 16.5. The van der Waals surface area contributed by atoms with Gasteiger partial charge in [0.1, 0.15) is 0 Å². The predicted molar refractivity (Wildman–Crippen MR) is 73.6 cm³/mol. The fourth-order valence-corrected chi connectivity index (χ4v) is 1.45. The van der Waals surface area contributed by atoms with Crippen LogP contribution in [-0.2, 0) is 4.74 Å². The summed E-state index contributed by atoms with van der Waals surface area (Å²) in [6.45, 7) is 4.11. The lowest BCUT2D eigenvalue weighted by atomic mass is 10.1. The maximum atomic E-state index is 12.0. The maximum absolute atomic E-state index is 12.0. The number of nitrogens with two attached hydrogens (primary N) is 1. The molecule has 0 radical (unpaired) electrons. The fourth-order valence-electron chi connectivity index (χ4n) is 1.45. The van der Waals surface area contributed by atoms with Crippen molar-refractivity contribution >= 4 is 5.91 Å². The first-order chi connectivity index (χ1) is 9.29. The number of ether oxygens (including phenoxy) is 1. The van der Waals surface area contributed by atoms with E-state index in [2.05, 4.69) is 22.1 Å². The molecule has 102 valence electrons. The van der Waals surface area contributed by atoms with Crippen LogP contribution in [0.3, 0.4) is 0 Å². The third-order valence-electron chi connectivity index (χ3n) is 2.35. The summed E-state index contributed by atoms with van der Waals surface area (Å²) >= 11 is 0. The van der Waals surface area contributed by atoms with Crippen molar-refractivity contribution in [3.05, 3.63) is 29.6 Å². The summed E-state index contributed by atoms with van der Waals surface area (Å²) in [6, 6.07) is 1.65. The Morgan fingerprint density at radius 1 is 1.58 bits per heavy atom. The van der Waals surface area contributed by atoms with E-state index < -0.39 is 0 Å². The monoisotopic (exact) mass is 261 g/mol. The molecule has 1 aromatic heterocycles. The molecule has 1 aromatic rings. The molecule has 1 rings (SSSR count). The van der Waals surface area contributed by atoms with E-state index in [1.54, 1.807) is 18.5 Å². The molecule has 0 bridgehead atoms. The first kappa shape index (κ1) is 15.2. The summed E-state index contributed by atoms with van der Waals surface area (Å²) in [5.41, 5.74) is 6.43. The molecule has 5 nitrogen and oxygen atoms in total. The van der Waals surface area contributed by atoms with E-state index in [-0.39, 0.29) is 12.5 Å². The van der Waals surface area contributed by atoms with Crippen LogP contribution < -0.4 is 11.1 Å². The van der Waals surface area contributed by atoms with Crippen LogP contribution in [0.5, 0.6) is 0 Å². The van der Waals surface area contributed by atoms with E-state index in [1.807, 2.05) is 6.92 Å². The van der Waals surface area contributed by atoms with Gasteiger partial charge in [0.05, 0.1) is 17.7 Å². The van der Waals surface area contributed by atoms with Gasteiger partial charge in [0, 0.05) is 32.2 Å². The Balaban J connectivity index is 2.56. The fraction of sp³-hybridized carbons (Fsp3) is 0.429. The molecule has 19 heavy (non-hydrogen) atoms. The van der Waals surface area contributed by atoms with Gasteiger partial charge in [0.15, 0.2) is 0 Å². The van der Waals surface area contributed by atoms with E-state index in [4.69, 9.17) is 10.5 Å². The van der Waals surface area contributed by atoms with Crippen LogP contribution in [0.15, 0.2) is 18.5 Å². The Morgan fingerprint density at radius 2 is 2.42 bits per heavy atom. The van der Waals surface area contributed by atoms with Crippen molar-refractivity contribution in [1.82, 2.24) is 10.3 Å². The Hall–Kier alpha value is -1.90. The highest BCUT2D eigenvalue weighted by Gasteiger charge is 2.08. The van der Waals surface area contributed by atoms with E-state index >= 15 is 0 Å². The maximum Gasteiger partial charge on any atom is 0.252 e. The van der Waals surface area contributed by atoms with Crippen molar-refractivity contribution in [2.24, 2.45) is 5.73 Å². The van der Waals surface area contributed by atoms with Crippen LogP contribution in [0.25, 0.3) is 0 Å². The molecule has 0 saturated carbocycles. The number of pyridine rings is 1. The number of carbonyl (C=O) groups excluding carboxylic acids is 1. The average Bonchev–Trinajstić information content (AvgIpc) is 2.45. The molecule has 0 atom stereocenters. The van der Waals surface area contributed by atoms with Gasteiger partial charge in [-0.25, -0.2) is 0 Å². The van der Waals surface area contributed by atoms with E-state index in [9.17, 15) is 4.79 Å². The van der Waals surface area contributed by atoms with Gasteiger partial charge in [-0.3, -0.25) is 9.78 Å². The third-order valence-corrected chi connectivity index (χ3v) is 2.35. The summed E-state index contributed by atoms with van der Waals surface area (Å²) < 4.78 is 5.20. The number of nitrogens with one attached hydrogen (secondary N) is 1. The van der Waals surface area contributed by atoms with Crippen LogP contribution in [-0.4, -0.2) is 37.2 Å². The second-order valence-electron chi connectivity index (χ2n) is 3.73.